The van der Waals surface area contributed by atoms with E-state index < -0.39 is 18.2 Å². The molecule has 8 heteroatoms. The van der Waals surface area contributed by atoms with Crippen LogP contribution in [0.4, 0.5) is 0 Å². The number of hydrogen-bond donors (Lipinski definition) is 4. The molecule has 7 nitrogen and oxygen atoms in total. The van der Waals surface area contributed by atoms with Gasteiger partial charge in [-0.15, -0.1) is 0 Å². The fourth-order valence-corrected chi connectivity index (χ4v) is 4.53. The fraction of sp³-hybridized carbons (Fsp3) is 0.739. The molecule has 0 radical (unpaired) electrons. The Labute approximate surface area is 208 Å². The Kier molecular flexibility index (Phi) is 11.6. The number of allylic oxidation sites excluding steroid dienone is 2. The van der Waals surface area contributed by atoms with Crippen molar-refractivity contribution in [3.8, 4) is 0 Å². The van der Waals surface area contributed by atoms with Crippen molar-refractivity contribution in [2.45, 2.75) is 84.3 Å². The van der Waals surface area contributed by atoms with Crippen LogP contribution in [0, 0.1) is 23.7 Å². The third kappa shape index (κ3) is 7.24. The minimum Gasteiger partial charge on any atom is -1.00 e. The minimum absolute atomic E-state index is 0. The van der Waals surface area contributed by atoms with E-state index in [2.05, 4.69) is 0 Å². The normalized spacial score (nSPS) is 28.8. The number of fused-ring (bicyclic) bond motifs is 1. The van der Waals surface area contributed by atoms with Gasteiger partial charge in [0.25, 0.3) is 0 Å². The van der Waals surface area contributed by atoms with E-state index in [4.69, 9.17) is 9.84 Å². The van der Waals surface area contributed by atoms with E-state index in [0.29, 0.717) is 18.4 Å². The average Bonchev–Trinajstić information content (AvgIpc) is 2.70. The van der Waals surface area contributed by atoms with E-state index in [1.54, 1.807) is 6.92 Å². The van der Waals surface area contributed by atoms with Crippen LogP contribution in [0.15, 0.2) is 23.2 Å². The number of carbonyl (C=O) groups excluding carboxylic acids is 1. The molecule has 0 amide bonds. The van der Waals surface area contributed by atoms with Crippen LogP contribution >= 0.6 is 0 Å². The van der Waals surface area contributed by atoms with Crippen molar-refractivity contribution in [3.63, 3.8) is 0 Å². The first-order chi connectivity index (χ1) is 14.2. The van der Waals surface area contributed by atoms with Gasteiger partial charge in [-0.25, -0.2) is 0 Å². The molecular formula is C23H37NaO7. The molecule has 0 aromatic rings. The van der Waals surface area contributed by atoms with Crippen LogP contribution in [-0.4, -0.2) is 44.6 Å². The molecule has 31 heavy (non-hydrogen) atoms. The first-order valence-corrected chi connectivity index (χ1v) is 11.1. The van der Waals surface area contributed by atoms with Crippen LogP contribution in [-0.2, 0) is 14.3 Å². The molecule has 2 aliphatic carbocycles. The Morgan fingerprint density at radius 3 is 2.48 bits per heavy atom. The van der Waals surface area contributed by atoms with Gasteiger partial charge in [-0.1, -0.05) is 40.0 Å². The molecule has 0 fully saturated rings. The van der Waals surface area contributed by atoms with Crippen LogP contribution in [0.25, 0.3) is 0 Å². The van der Waals surface area contributed by atoms with Gasteiger partial charge in [0.2, 0.25) is 0 Å². The Morgan fingerprint density at radius 2 is 1.87 bits per heavy atom. The van der Waals surface area contributed by atoms with E-state index in [0.717, 1.165) is 25.7 Å². The third-order valence-corrected chi connectivity index (χ3v) is 6.66. The van der Waals surface area contributed by atoms with Gasteiger partial charge in [0.15, 0.2) is 0 Å². The molecule has 2 aliphatic rings. The molecule has 0 aliphatic heterocycles. The van der Waals surface area contributed by atoms with Crippen molar-refractivity contribution in [1.82, 2.24) is 0 Å². The number of aliphatic hydroxyl groups is 3. The van der Waals surface area contributed by atoms with Gasteiger partial charge in [0, 0.05) is 30.3 Å². The number of aliphatic carboxylic acids is 1. The molecule has 0 saturated heterocycles. The monoisotopic (exact) mass is 448 g/mol. The first kappa shape index (κ1) is 28.0. The van der Waals surface area contributed by atoms with Crippen molar-refractivity contribution in [1.29, 1.82) is 0 Å². The molecule has 0 heterocycles. The van der Waals surface area contributed by atoms with E-state index >= 15 is 0 Å². The van der Waals surface area contributed by atoms with Crippen LogP contribution in [0.3, 0.4) is 0 Å². The molecule has 0 saturated carbocycles. The summed E-state index contributed by atoms with van der Waals surface area (Å²) in [5.74, 6) is -1.84. The zero-order chi connectivity index (χ0) is 22.4. The maximum Gasteiger partial charge on any atom is 1.00 e. The van der Waals surface area contributed by atoms with Gasteiger partial charge >= 0.3 is 41.5 Å². The summed E-state index contributed by atoms with van der Waals surface area (Å²) in [5, 5.41) is 40.0. The summed E-state index contributed by atoms with van der Waals surface area (Å²) in [4.78, 5) is 23.1. The molecule has 4 N–H and O–H groups in total. The molecule has 172 valence electrons. The fourth-order valence-electron chi connectivity index (χ4n) is 4.53. The van der Waals surface area contributed by atoms with E-state index in [9.17, 15) is 24.9 Å². The predicted octanol–water partition coefficient (Wildman–Crippen LogP) is 1.39. The van der Waals surface area contributed by atoms with Crippen molar-refractivity contribution in [3.05, 3.63) is 23.2 Å². The zero-order valence-corrected chi connectivity index (χ0v) is 21.2. The number of carbonyl (C=O) groups is 2. The van der Waals surface area contributed by atoms with Gasteiger partial charge < -0.3 is 26.6 Å². The first-order valence-electron chi connectivity index (χ1n) is 11.1. The standard InChI is InChI=1S/C23H36O7.Na.H/c1-4-13(2)23(29)30-19-12-18(25)22(28)16-11-17(24)14(3)15(21(16)19)9-7-5-6-8-10-20(26)27;;/h11,13-15,18-19,21,24-25,28H,4-10,12H2,1-3H3,(H,26,27);;/q;+1;-1/t13-,14-,15+,18-,19-,21+;;/m0../s1. The summed E-state index contributed by atoms with van der Waals surface area (Å²) in [7, 11) is 0. The van der Waals surface area contributed by atoms with Crippen molar-refractivity contribution < 1.29 is 65.7 Å². The van der Waals surface area contributed by atoms with Crippen molar-refractivity contribution >= 4 is 11.9 Å². The van der Waals surface area contributed by atoms with Crippen LogP contribution in [0.2, 0.25) is 0 Å². The second-order valence-corrected chi connectivity index (χ2v) is 8.77. The Hall–Kier alpha value is -1.02. The molecule has 0 unspecified atom stereocenters. The van der Waals surface area contributed by atoms with Crippen molar-refractivity contribution in [2.75, 3.05) is 0 Å². The summed E-state index contributed by atoms with van der Waals surface area (Å²) >= 11 is 0. The van der Waals surface area contributed by atoms with E-state index in [1.165, 1.54) is 6.08 Å². The van der Waals surface area contributed by atoms with E-state index in [1.807, 2.05) is 13.8 Å². The molecule has 0 spiro atoms. The average molecular weight is 449 g/mol. The SMILES string of the molecule is CC[C@H](C)C(=O)O[C@H]1C[C@H](O)C(O)=C2C=C(O)[C@@H](C)[C@@H](CCCCCCC(=O)O)[C@H]21.[H-].[Na+]. The summed E-state index contributed by atoms with van der Waals surface area (Å²) in [6.07, 6.45) is 4.72. The van der Waals surface area contributed by atoms with Gasteiger partial charge in [0.05, 0.1) is 11.7 Å². The van der Waals surface area contributed by atoms with E-state index in [-0.39, 0.29) is 85.0 Å². The van der Waals surface area contributed by atoms with Crippen LogP contribution in [0.1, 0.15) is 73.6 Å². The summed E-state index contributed by atoms with van der Waals surface area (Å²) in [6.45, 7) is 5.64. The maximum atomic E-state index is 12.4. The maximum absolute atomic E-state index is 12.4. The Morgan fingerprint density at radius 1 is 1.23 bits per heavy atom. The second-order valence-electron chi connectivity index (χ2n) is 8.77. The molecule has 0 aromatic heterocycles. The zero-order valence-electron chi connectivity index (χ0n) is 20.2. The number of esters is 1. The quantitative estimate of drug-likeness (QED) is 0.226. The number of unbranched alkanes of at least 4 members (excludes halogenated alkanes) is 3. The summed E-state index contributed by atoms with van der Waals surface area (Å²) < 4.78 is 5.80. The van der Waals surface area contributed by atoms with Gasteiger partial charge in [-0.05, 0) is 31.3 Å². The molecular weight excluding hydrogens is 411 g/mol. The predicted molar refractivity (Wildman–Crippen MR) is 113 cm³/mol. The topological polar surface area (TPSA) is 124 Å². The molecule has 6 atom stereocenters. The number of carboxylic acids is 1. The number of aliphatic hydroxyl groups excluding tert-OH is 3. The number of carboxylic acid groups (broad SMARTS) is 1. The Bertz CT molecular complexity index is 694. The van der Waals surface area contributed by atoms with Crippen LogP contribution < -0.4 is 29.6 Å². The smallest absolute Gasteiger partial charge is 1.00 e. The number of rotatable bonds is 10. The van der Waals surface area contributed by atoms with Gasteiger partial charge in [-0.2, -0.15) is 0 Å². The van der Waals surface area contributed by atoms with Gasteiger partial charge in [-0.3, -0.25) is 9.59 Å². The molecule has 0 aromatic carbocycles. The van der Waals surface area contributed by atoms with Crippen LogP contribution in [0.5, 0.6) is 0 Å². The largest absolute Gasteiger partial charge is 1.00 e. The number of hydrogen-bond acceptors (Lipinski definition) is 6. The van der Waals surface area contributed by atoms with Gasteiger partial charge in [0.1, 0.15) is 18.0 Å². The van der Waals surface area contributed by atoms with Crippen molar-refractivity contribution in [2.24, 2.45) is 23.7 Å². The number of ether oxygens (including phenoxy) is 1. The minimum atomic E-state index is -1.12. The third-order valence-electron chi connectivity index (χ3n) is 6.66. The molecule has 0 bridgehead atoms. The summed E-state index contributed by atoms with van der Waals surface area (Å²) in [6, 6.07) is 0. The molecule has 2 rings (SSSR count). The second kappa shape index (κ2) is 12.9. The Balaban J connectivity index is 0.00000480. The summed E-state index contributed by atoms with van der Waals surface area (Å²) in [5.41, 5.74) is 0.460.